The van der Waals surface area contributed by atoms with Crippen molar-refractivity contribution in [1.29, 1.82) is 0 Å². The number of nitrogens with zero attached hydrogens (tertiary/aromatic N) is 1. The summed E-state index contributed by atoms with van der Waals surface area (Å²) in [6.45, 7) is 4.06. The lowest BCUT2D eigenvalue weighted by molar-refractivity contribution is 0.0944. The van der Waals surface area contributed by atoms with Gasteiger partial charge in [0.2, 0.25) is 0 Å². The summed E-state index contributed by atoms with van der Waals surface area (Å²) in [5.41, 5.74) is 1.06. The van der Waals surface area contributed by atoms with E-state index in [4.69, 9.17) is 0 Å². The highest BCUT2D eigenvalue weighted by Gasteiger charge is 2.12. The Balaban J connectivity index is 2.03. The topological polar surface area (TPSA) is 42.0 Å². The van der Waals surface area contributed by atoms with E-state index in [0.717, 1.165) is 16.9 Å². The number of carbonyl (C=O) groups is 1. The zero-order valence-corrected chi connectivity index (χ0v) is 11.3. The van der Waals surface area contributed by atoms with Gasteiger partial charge in [0.05, 0.1) is 10.9 Å². The molecule has 0 aliphatic heterocycles. The summed E-state index contributed by atoms with van der Waals surface area (Å²) in [7, 11) is 0. The largest absolute Gasteiger partial charge is 0.345 e. The van der Waals surface area contributed by atoms with E-state index in [1.54, 1.807) is 23.7 Å². The van der Waals surface area contributed by atoms with E-state index in [1.165, 1.54) is 4.88 Å². The van der Waals surface area contributed by atoms with Crippen molar-refractivity contribution in [2.24, 2.45) is 0 Å². The summed E-state index contributed by atoms with van der Waals surface area (Å²) in [5, 5.41) is 2.99. The van der Waals surface area contributed by atoms with Crippen molar-refractivity contribution in [3.63, 3.8) is 0 Å². The highest BCUT2D eigenvalue weighted by Crippen LogP contribution is 2.18. The molecular formula is C14H16N2OS. The number of pyridine rings is 1. The molecule has 2 aromatic rings. The zero-order valence-electron chi connectivity index (χ0n) is 10.5. The van der Waals surface area contributed by atoms with Gasteiger partial charge in [-0.3, -0.25) is 9.78 Å². The molecule has 1 amide bonds. The van der Waals surface area contributed by atoms with Crippen molar-refractivity contribution in [3.05, 3.63) is 52.0 Å². The van der Waals surface area contributed by atoms with E-state index in [9.17, 15) is 4.79 Å². The minimum Gasteiger partial charge on any atom is -0.345 e. The summed E-state index contributed by atoms with van der Waals surface area (Å²) >= 11 is 1.55. The number of hydrogen-bond acceptors (Lipinski definition) is 3. The van der Waals surface area contributed by atoms with Crippen LogP contribution < -0.4 is 5.32 Å². The fraction of sp³-hybridized carbons (Fsp3) is 0.286. The first kappa shape index (κ1) is 12.8. The summed E-state index contributed by atoms with van der Waals surface area (Å²) in [4.78, 5) is 18.0. The molecule has 0 aromatic carbocycles. The number of nitrogens with one attached hydrogen (secondary N) is 1. The van der Waals surface area contributed by atoms with E-state index in [0.29, 0.717) is 0 Å². The standard InChI is InChI=1S/C14H16N2OS/c1-3-12-4-5-13(18-12)14(17)16-10(2)11-6-8-15-9-7-11/h4-10H,3H2,1-2H3,(H,16,17)/t10-/m1/s1. The van der Waals surface area contributed by atoms with Crippen LogP contribution >= 0.6 is 11.3 Å². The van der Waals surface area contributed by atoms with E-state index < -0.39 is 0 Å². The molecule has 0 saturated heterocycles. The van der Waals surface area contributed by atoms with Gasteiger partial charge in [0, 0.05) is 17.3 Å². The van der Waals surface area contributed by atoms with E-state index in [2.05, 4.69) is 17.2 Å². The predicted molar refractivity (Wildman–Crippen MR) is 73.8 cm³/mol. The van der Waals surface area contributed by atoms with Gasteiger partial charge in [0.15, 0.2) is 0 Å². The Bertz CT molecular complexity index is 522. The maximum absolute atomic E-state index is 12.0. The molecule has 1 atom stereocenters. The molecule has 2 heterocycles. The third kappa shape index (κ3) is 2.96. The van der Waals surface area contributed by atoms with Crippen LogP contribution in [0.5, 0.6) is 0 Å². The second kappa shape index (κ2) is 5.78. The predicted octanol–water partition coefficient (Wildman–Crippen LogP) is 3.20. The van der Waals surface area contributed by atoms with E-state index in [-0.39, 0.29) is 11.9 Å². The van der Waals surface area contributed by atoms with Crippen molar-refractivity contribution < 1.29 is 4.79 Å². The monoisotopic (exact) mass is 260 g/mol. The van der Waals surface area contributed by atoms with Gasteiger partial charge < -0.3 is 5.32 Å². The Morgan fingerprint density at radius 1 is 1.33 bits per heavy atom. The van der Waals surface area contributed by atoms with Gasteiger partial charge in [-0.2, -0.15) is 0 Å². The number of amides is 1. The molecule has 0 aliphatic rings. The third-order valence-electron chi connectivity index (χ3n) is 2.79. The van der Waals surface area contributed by atoms with Crippen LogP contribution in [0.1, 0.15) is 40.0 Å². The van der Waals surface area contributed by atoms with Crippen LogP contribution in [0.15, 0.2) is 36.7 Å². The molecule has 0 unspecified atom stereocenters. The number of hydrogen-bond donors (Lipinski definition) is 1. The number of carbonyl (C=O) groups excluding carboxylic acids is 1. The van der Waals surface area contributed by atoms with Gasteiger partial charge in [0.25, 0.3) is 5.91 Å². The molecule has 4 heteroatoms. The first-order chi connectivity index (χ1) is 8.70. The molecule has 94 valence electrons. The minimum absolute atomic E-state index is 0.00678. The Morgan fingerprint density at radius 3 is 2.67 bits per heavy atom. The molecule has 2 aromatic heterocycles. The van der Waals surface area contributed by atoms with Crippen LogP contribution in [-0.2, 0) is 6.42 Å². The highest BCUT2D eigenvalue weighted by molar-refractivity contribution is 7.14. The van der Waals surface area contributed by atoms with Gasteiger partial charge in [-0.1, -0.05) is 6.92 Å². The lowest BCUT2D eigenvalue weighted by atomic mass is 10.1. The van der Waals surface area contributed by atoms with Crippen molar-refractivity contribution in [1.82, 2.24) is 10.3 Å². The molecule has 0 spiro atoms. The quantitative estimate of drug-likeness (QED) is 0.917. The molecular weight excluding hydrogens is 244 g/mol. The first-order valence-electron chi connectivity index (χ1n) is 6.00. The van der Waals surface area contributed by atoms with Gasteiger partial charge in [-0.15, -0.1) is 11.3 Å². The van der Waals surface area contributed by atoms with Crippen molar-refractivity contribution in [2.75, 3.05) is 0 Å². The van der Waals surface area contributed by atoms with Crippen LogP contribution in [0.3, 0.4) is 0 Å². The Kier molecular flexibility index (Phi) is 4.10. The second-order valence-corrected chi connectivity index (χ2v) is 5.26. The minimum atomic E-state index is -0.0102. The summed E-state index contributed by atoms with van der Waals surface area (Å²) in [5.74, 6) is -0.0102. The smallest absolute Gasteiger partial charge is 0.261 e. The highest BCUT2D eigenvalue weighted by atomic mass is 32.1. The van der Waals surface area contributed by atoms with Crippen molar-refractivity contribution in [2.45, 2.75) is 26.3 Å². The van der Waals surface area contributed by atoms with E-state index in [1.807, 2.05) is 31.2 Å². The number of aromatic nitrogens is 1. The summed E-state index contributed by atoms with van der Waals surface area (Å²) in [6, 6.07) is 7.72. The zero-order chi connectivity index (χ0) is 13.0. The lowest BCUT2D eigenvalue weighted by Gasteiger charge is -2.13. The fourth-order valence-corrected chi connectivity index (χ4v) is 2.54. The summed E-state index contributed by atoms with van der Waals surface area (Å²) < 4.78 is 0. The maximum Gasteiger partial charge on any atom is 0.261 e. The normalized spacial score (nSPS) is 12.1. The van der Waals surface area contributed by atoms with Crippen LogP contribution in [0.25, 0.3) is 0 Å². The molecule has 0 bridgehead atoms. The van der Waals surface area contributed by atoms with Crippen LogP contribution in [0.4, 0.5) is 0 Å². The number of aryl methyl sites for hydroxylation is 1. The average molecular weight is 260 g/mol. The molecule has 3 nitrogen and oxygen atoms in total. The second-order valence-electron chi connectivity index (χ2n) is 4.10. The van der Waals surface area contributed by atoms with Crippen LogP contribution in [-0.4, -0.2) is 10.9 Å². The van der Waals surface area contributed by atoms with Gasteiger partial charge in [-0.25, -0.2) is 0 Å². The van der Waals surface area contributed by atoms with Gasteiger partial charge in [0.1, 0.15) is 0 Å². The Hall–Kier alpha value is -1.68. The number of rotatable bonds is 4. The molecule has 0 radical (unpaired) electrons. The molecule has 1 N–H and O–H groups in total. The molecule has 18 heavy (non-hydrogen) atoms. The van der Waals surface area contributed by atoms with E-state index >= 15 is 0 Å². The molecule has 2 rings (SSSR count). The molecule has 0 fully saturated rings. The SMILES string of the molecule is CCc1ccc(C(=O)N[C@H](C)c2ccncc2)s1. The van der Waals surface area contributed by atoms with Crippen LogP contribution in [0.2, 0.25) is 0 Å². The van der Waals surface area contributed by atoms with Gasteiger partial charge >= 0.3 is 0 Å². The average Bonchev–Trinajstić information content (AvgIpc) is 2.88. The molecule has 0 aliphatic carbocycles. The van der Waals surface area contributed by atoms with Crippen molar-refractivity contribution >= 4 is 17.2 Å². The van der Waals surface area contributed by atoms with Gasteiger partial charge in [-0.05, 0) is 43.2 Å². The number of thiophene rings is 1. The fourth-order valence-electron chi connectivity index (χ4n) is 1.69. The Morgan fingerprint density at radius 2 is 2.06 bits per heavy atom. The Labute approximate surface area is 111 Å². The maximum atomic E-state index is 12.0. The summed E-state index contributed by atoms with van der Waals surface area (Å²) in [6.07, 6.45) is 4.44. The lowest BCUT2D eigenvalue weighted by Crippen LogP contribution is -2.25. The van der Waals surface area contributed by atoms with Crippen molar-refractivity contribution in [3.8, 4) is 0 Å². The first-order valence-corrected chi connectivity index (χ1v) is 6.82. The van der Waals surface area contributed by atoms with Crippen LogP contribution in [0, 0.1) is 0 Å². The molecule has 0 saturated carbocycles. The third-order valence-corrected chi connectivity index (χ3v) is 4.02.